The van der Waals surface area contributed by atoms with Crippen molar-refractivity contribution < 1.29 is 37.3 Å². The third-order valence-corrected chi connectivity index (χ3v) is 3.64. The average molecular weight is 427 g/mol. The number of hydrogen-bond acceptors (Lipinski definition) is 5. The van der Waals surface area contributed by atoms with Gasteiger partial charge in [-0.05, 0) is 50.1 Å². The van der Waals surface area contributed by atoms with Crippen LogP contribution in [0.15, 0.2) is 42.5 Å². The van der Waals surface area contributed by atoms with Gasteiger partial charge >= 0.3 is 12.5 Å². The molecule has 0 fully saturated rings. The van der Waals surface area contributed by atoms with E-state index in [2.05, 4.69) is 10.1 Å². The minimum Gasteiger partial charge on any atom is -0.492 e. The van der Waals surface area contributed by atoms with Gasteiger partial charge in [0.1, 0.15) is 23.7 Å². The molecule has 9 heteroatoms. The molecule has 0 aliphatic carbocycles. The van der Waals surface area contributed by atoms with Gasteiger partial charge in [-0.2, -0.15) is 0 Å². The van der Waals surface area contributed by atoms with Crippen LogP contribution in [0, 0.1) is 0 Å². The Morgan fingerprint density at radius 2 is 1.83 bits per heavy atom. The van der Waals surface area contributed by atoms with Gasteiger partial charge in [-0.1, -0.05) is 18.2 Å². The van der Waals surface area contributed by atoms with Gasteiger partial charge in [0.25, 0.3) is 0 Å². The summed E-state index contributed by atoms with van der Waals surface area (Å²) in [7, 11) is 0. The van der Waals surface area contributed by atoms with E-state index >= 15 is 0 Å². The van der Waals surface area contributed by atoms with Crippen LogP contribution in [0.25, 0.3) is 11.1 Å². The number of nitrogens with one attached hydrogen (secondary N) is 1. The van der Waals surface area contributed by atoms with E-state index in [1.807, 2.05) is 0 Å². The number of halogens is 3. The molecule has 0 unspecified atom stereocenters. The quantitative estimate of drug-likeness (QED) is 0.629. The van der Waals surface area contributed by atoms with E-state index < -0.39 is 23.8 Å². The van der Waals surface area contributed by atoms with E-state index in [1.54, 1.807) is 45.0 Å². The van der Waals surface area contributed by atoms with E-state index in [0.29, 0.717) is 11.1 Å². The molecule has 2 aromatic carbocycles. The van der Waals surface area contributed by atoms with Gasteiger partial charge in [-0.25, -0.2) is 4.79 Å². The molecule has 164 valence electrons. The first-order chi connectivity index (χ1) is 14.0. The number of rotatable bonds is 7. The molecule has 2 aromatic rings. The Balaban J connectivity index is 2.11. The SMILES string of the molecule is CC(C)(C)OC(=O)NCCOc1ccc(-c2cccc(CO)c2)c(OC(F)(F)F)c1. The van der Waals surface area contributed by atoms with Crippen molar-refractivity contribution in [2.24, 2.45) is 0 Å². The van der Waals surface area contributed by atoms with Crippen molar-refractivity contribution in [2.75, 3.05) is 13.2 Å². The highest BCUT2D eigenvalue weighted by Crippen LogP contribution is 2.37. The number of carbonyl (C=O) groups excluding carboxylic acids is 1. The zero-order valence-corrected chi connectivity index (χ0v) is 16.9. The molecule has 1 amide bonds. The van der Waals surface area contributed by atoms with Crippen molar-refractivity contribution in [1.82, 2.24) is 5.32 Å². The minimum absolute atomic E-state index is 0.0179. The lowest BCUT2D eigenvalue weighted by Crippen LogP contribution is -2.34. The lowest BCUT2D eigenvalue weighted by molar-refractivity contribution is -0.274. The Bertz CT molecular complexity index is 862. The molecule has 0 spiro atoms. The van der Waals surface area contributed by atoms with Gasteiger partial charge in [0.2, 0.25) is 0 Å². The zero-order chi connectivity index (χ0) is 22.4. The number of benzene rings is 2. The summed E-state index contributed by atoms with van der Waals surface area (Å²) in [5, 5.41) is 11.8. The van der Waals surface area contributed by atoms with Crippen LogP contribution in [0.2, 0.25) is 0 Å². The normalized spacial score (nSPS) is 11.7. The average Bonchev–Trinajstić information content (AvgIpc) is 2.63. The summed E-state index contributed by atoms with van der Waals surface area (Å²) in [5.41, 5.74) is 0.567. The predicted octanol–water partition coefficient (Wildman–Crippen LogP) is 4.65. The van der Waals surface area contributed by atoms with Crippen LogP contribution in [0.5, 0.6) is 11.5 Å². The second-order valence-electron chi connectivity index (χ2n) is 7.34. The first-order valence-electron chi connectivity index (χ1n) is 9.16. The molecule has 2 rings (SSSR count). The van der Waals surface area contributed by atoms with Crippen molar-refractivity contribution in [3.63, 3.8) is 0 Å². The van der Waals surface area contributed by atoms with Crippen molar-refractivity contribution in [2.45, 2.75) is 39.3 Å². The van der Waals surface area contributed by atoms with Crippen molar-refractivity contribution >= 4 is 6.09 Å². The van der Waals surface area contributed by atoms with Gasteiger partial charge in [0, 0.05) is 11.6 Å². The maximum absolute atomic E-state index is 12.9. The Morgan fingerprint density at radius 3 is 2.47 bits per heavy atom. The molecule has 0 bridgehead atoms. The van der Waals surface area contributed by atoms with Gasteiger partial charge in [-0.15, -0.1) is 13.2 Å². The number of aliphatic hydroxyl groups is 1. The molecule has 0 aliphatic heterocycles. The molecule has 0 saturated heterocycles. The summed E-state index contributed by atoms with van der Waals surface area (Å²) in [6.45, 7) is 5.05. The van der Waals surface area contributed by atoms with Crippen LogP contribution >= 0.6 is 0 Å². The molecule has 0 radical (unpaired) electrons. The zero-order valence-electron chi connectivity index (χ0n) is 16.9. The number of carbonyl (C=O) groups is 1. The lowest BCUT2D eigenvalue weighted by Gasteiger charge is -2.19. The van der Waals surface area contributed by atoms with Crippen LogP contribution in [0.3, 0.4) is 0 Å². The van der Waals surface area contributed by atoms with Crippen LogP contribution < -0.4 is 14.8 Å². The fourth-order valence-electron chi connectivity index (χ4n) is 2.51. The van der Waals surface area contributed by atoms with Gasteiger partial charge in [0.15, 0.2) is 0 Å². The highest BCUT2D eigenvalue weighted by atomic mass is 19.4. The first-order valence-corrected chi connectivity index (χ1v) is 9.16. The molecule has 0 aliphatic rings. The number of hydrogen-bond donors (Lipinski definition) is 2. The largest absolute Gasteiger partial charge is 0.573 e. The third-order valence-electron chi connectivity index (χ3n) is 3.64. The van der Waals surface area contributed by atoms with Gasteiger partial charge in [-0.3, -0.25) is 0 Å². The molecular weight excluding hydrogens is 403 g/mol. The maximum atomic E-state index is 12.9. The second-order valence-corrected chi connectivity index (χ2v) is 7.34. The second kappa shape index (κ2) is 9.71. The highest BCUT2D eigenvalue weighted by molar-refractivity contribution is 5.72. The van der Waals surface area contributed by atoms with Gasteiger partial charge in [0.05, 0.1) is 13.2 Å². The standard InChI is InChI=1S/C21H24F3NO5/c1-20(2,3)30-19(27)25-9-10-28-16-7-8-17(18(12-16)29-21(22,23)24)15-6-4-5-14(11-15)13-26/h4-8,11-12,26H,9-10,13H2,1-3H3,(H,25,27). The van der Waals surface area contributed by atoms with Crippen molar-refractivity contribution in [1.29, 1.82) is 0 Å². The van der Waals surface area contributed by atoms with E-state index in [1.165, 1.54) is 12.1 Å². The molecule has 30 heavy (non-hydrogen) atoms. The van der Waals surface area contributed by atoms with E-state index in [0.717, 1.165) is 6.07 Å². The van der Waals surface area contributed by atoms with E-state index in [4.69, 9.17) is 9.47 Å². The van der Waals surface area contributed by atoms with Gasteiger partial charge < -0.3 is 24.6 Å². The minimum atomic E-state index is -4.89. The van der Waals surface area contributed by atoms with Crippen LogP contribution in [-0.2, 0) is 11.3 Å². The monoisotopic (exact) mass is 427 g/mol. The molecule has 2 N–H and O–H groups in total. The van der Waals surface area contributed by atoms with E-state index in [9.17, 15) is 23.1 Å². The summed E-state index contributed by atoms with van der Waals surface area (Å²) >= 11 is 0. The molecule has 0 aromatic heterocycles. The summed E-state index contributed by atoms with van der Waals surface area (Å²) in [6.07, 6.45) is -5.51. The maximum Gasteiger partial charge on any atom is 0.573 e. The topological polar surface area (TPSA) is 77.0 Å². The fraction of sp³-hybridized carbons (Fsp3) is 0.381. The Hall–Kier alpha value is -2.94. The van der Waals surface area contributed by atoms with Crippen molar-refractivity contribution in [3.8, 4) is 22.6 Å². The number of amides is 1. The number of alkyl halides is 3. The summed E-state index contributed by atoms with van der Waals surface area (Å²) < 4.78 is 53.3. The Labute approximate surface area is 172 Å². The highest BCUT2D eigenvalue weighted by Gasteiger charge is 2.32. The molecule has 0 heterocycles. The number of ether oxygens (including phenoxy) is 3. The molecule has 0 saturated carbocycles. The first kappa shape index (κ1) is 23.3. The predicted molar refractivity (Wildman–Crippen MR) is 104 cm³/mol. The summed E-state index contributed by atoms with van der Waals surface area (Å²) in [5.74, 6) is -0.294. The van der Waals surface area contributed by atoms with E-state index in [-0.39, 0.29) is 31.1 Å². The third kappa shape index (κ3) is 7.82. The fourth-order valence-corrected chi connectivity index (χ4v) is 2.51. The number of aliphatic hydroxyl groups excluding tert-OH is 1. The Morgan fingerprint density at radius 1 is 1.10 bits per heavy atom. The van der Waals surface area contributed by atoms with Crippen LogP contribution in [-0.4, -0.2) is 36.3 Å². The lowest BCUT2D eigenvalue weighted by atomic mass is 10.0. The van der Waals surface area contributed by atoms with Crippen molar-refractivity contribution in [3.05, 3.63) is 48.0 Å². The summed E-state index contributed by atoms with van der Waals surface area (Å²) in [4.78, 5) is 11.6. The molecule has 0 atom stereocenters. The smallest absolute Gasteiger partial charge is 0.492 e. The van der Waals surface area contributed by atoms with Crippen LogP contribution in [0.1, 0.15) is 26.3 Å². The summed E-state index contributed by atoms with van der Waals surface area (Å²) in [6, 6.07) is 10.5. The molecule has 6 nitrogen and oxygen atoms in total. The van der Waals surface area contributed by atoms with Crippen LogP contribution in [0.4, 0.5) is 18.0 Å². The Kier molecular flexibility index (Phi) is 7.55. The number of alkyl carbamates (subject to hydrolysis) is 1. The molecular formula is C21H24F3NO5.